The number of halogens is 1. The summed E-state index contributed by atoms with van der Waals surface area (Å²) in [5.74, 6) is 1.40. The molecule has 0 unspecified atom stereocenters. The number of carbonyl (C=O) groups excluding carboxylic acids is 1. The van der Waals surface area contributed by atoms with Crippen LogP contribution in [0.25, 0.3) is 11.3 Å². The first-order valence-corrected chi connectivity index (χ1v) is 6.98. The maximum Gasteiger partial charge on any atom is 0.263 e. The molecule has 8 heteroatoms. The van der Waals surface area contributed by atoms with Crippen LogP contribution in [0.1, 0.15) is 0 Å². The molecule has 4 heterocycles. The van der Waals surface area contributed by atoms with Crippen molar-refractivity contribution >= 4 is 23.3 Å². The van der Waals surface area contributed by atoms with Crippen molar-refractivity contribution in [2.24, 2.45) is 0 Å². The zero-order chi connectivity index (χ0) is 15.1. The highest BCUT2D eigenvalue weighted by molar-refractivity contribution is 6.33. The average molecular weight is 320 g/mol. The minimum atomic E-state index is -0.260. The van der Waals surface area contributed by atoms with E-state index in [2.05, 4.69) is 15.3 Å². The Hall–Kier alpha value is -2.54. The third kappa shape index (κ3) is 2.10. The Bertz CT molecular complexity index is 781. The number of rotatable bonds is 1. The van der Waals surface area contributed by atoms with Gasteiger partial charge in [-0.25, -0.2) is 9.97 Å². The molecule has 2 aliphatic rings. The van der Waals surface area contributed by atoms with Crippen molar-refractivity contribution < 1.29 is 19.0 Å². The minimum absolute atomic E-state index is 0.0496. The average Bonchev–Trinajstić information content (AvgIpc) is 2.54. The molecule has 0 saturated heterocycles. The van der Waals surface area contributed by atoms with Crippen molar-refractivity contribution in [3.63, 3.8) is 0 Å². The SMILES string of the molecule is O=C1COc2cc(Cl)c(-c3ccnc4c3OCCO4)nc2N1. The van der Waals surface area contributed by atoms with Gasteiger partial charge in [-0.3, -0.25) is 4.79 Å². The molecule has 2 aliphatic heterocycles. The van der Waals surface area contributed by atoms with Gasteiger partial charge in [0.25, 0.3) is 11.8 Å². The molecule has 7 nitrogen and oxygen atoms in total. The Morgan fingerprint density at radius 1 is 1.23 bits per heavy atom. The van der Waals surface area contributed by atoms with Crippen molar-refractivity contribution in [1.82, 2.24) is 9.97 Å². The predicted molar refractivity (Wildman–Crippen MR) is 77.6 cm³/mol. The minimum Gasteiger partial charge on any atom is -0.484 e. The number of anilines is 1. The molecule has 2 aromatic heterocycles. The van der Waals surface area contributed by atoms with Crippen molar-refractivity contribution in [1.29, 1.82) is 0 Å². The molecule has 0 fully saturated rings. The number of pyridine rings is 2. The van der Waals surface area contributed by atoms with E-state index in [4.69, 9.17) is 25.8 Å². The molecule has 1 N–H and O–H groups in total. The quantitative estimate of drug-likeness (QED) is 0.864. The van der Waals surface area contributed by atoms with Crippen LogP contribution in [0.3, 0.4) is 0 Å². The smallest absolute Gasteiger partial charge is 0.263 e. The van der Waals surface area contributed by atoms with Gasteiger partial charge in [-0.05, 0) is 6.07 Å². The normalized spacial score (nSPS) is 15.6. The number of nitrogens with zero attached hydrogens (tertiary/aromatic N) is 2. The fourth-order valence-corrected chi connectivity index (χ4v) is 2.56. The summed E-state index contributed by atoms with van der Waals surface area (Å²) < 4.78 is 16.4. The standard InChI is InChI=1S/C14H10ClN3O4/c15-8-5-9-13(17-10(19)6-22-9)18-11(8)7-1-2-16-14-12(7)20-3-4-21-14/h1-2,5H,3-4,6H2,(H,17,18,19). The number of hydrogen-bond acceptors (Lipinski definition) is 6. The molecule has 0 bridgehead atoms. The second-order valence-electron chi connectivity index (χ2n) is 4.69. The molecule has 0 aliphatic carbocycles. The summed E-state index contributed by atoms with van der Waals surface area (Å²) in [6, 6.07) is 3.36. The van der Waals surface area contributed by atoms with Crippen molar-refractivity contribution in [2.75, 3.05) is 25.1 Å². The van der Waals surface area contributed by atoms with E-state index in [1.807, 2.05) is 0 Å². The monoisotopic (exact) mass is 319 g/mol. The lowest BCUT2D eigenvalue weighted by atomic mass is 10.1. The largest absolute Gasteiger partial charge is 0.484 e. The van der Waals surface area contributed by atoms with Crippen molar-refractivity contribution in [3.05, 3.63) is 23.4 Å². The van der Waals surface area contributed by atoms with E-state index >= 15 is 0 Å². The van der Waals surface area contributed by atoms with Gasteiger partial charge >= 0.3 is 0 Å². The number of ether oxygens (including phenoxy) is 3. The first-order valence-electron chi connectivity index (χ1n) is 6.60. The van der Waals surface area contributed by atoms with Crippen LogP contribution in [0.15, 0.2) is 18.3 Å². The summed E-state index contributed by atoms with van der Waals surface area (Å²) in [4.78, 5) is 19.9. The fraction of sp³-hybridized carbons (Fsp3) is 0.214. The molecule has 0 atom stereocenters. The van der Waals surface area contributed by atoms with Gasteiger partial charge in [0.05, 0.1) is 16.3 Å². The van der Waals surface area contributed by atoms with Gasteiger partial charge in [-0.15, -0.1) is 0 Å². The Morgan fingerprint density at radius 2 is 2.09 bits per heavy atom. The molecule has 1 amide bonds. The van der Waals surface area contributed by atoms with E-state index < -0.39 is 0 Å². The number of hydrogen-bond donors (Lipinski definition) is 1. The van der Waals surface area contributed by atoms with Crippen LogP contribution < -0.4 is 19.5 Å². The van der Waals surface area contributed by atoms with E-state index in [-0.39, 0.29) is 12.5 Å². The van der Waals surface area contributed by atoms with Gasteiger partial charge < -0.3 is 19.5 Å². The molecule has 4 rings (SSSR count). The van der Waals surface area contributed by atoms with E-state index in [1.54, 1.807) is 18.3 Å². The first-order chi connectivity index (χ1) is 10.7. The van der Waals surface area contributed by atoms with E-state index in [0.717, 1.165) is 0 Å². The number of nitrogens with one attached hydrogen (secondary N) is 1. The lowest BCUT2D eigenvalue weighted by Crippen LogP contribution is -2.26. The van der Waals surface area contributed by atoms with Crippen molar-refractivity contribution in [2.45, 2.75) is 0 Å². The predicted octanol–water partition coefficient (Wildman–Crippen LogP) is 1.90. The van der Waals surface area contributed by atoms with Gasteiger partial charge in [0.1, 0.15) is 13.2 Å². The van der Waals surface area contributed by atoms with Crippen LogP contribution in [0.2, 0.25) is 5.02 Å². The Labute approximate surface area is 130 Å². The fourth-order valence-electron chi connectivity index (χ4n) is 2.31. The summed E-state index contributed by atoms with van der Waals surface area (Å²) in [5.41, 5.74) is 1.12. The molecule has 2 aromatic rings. The molecule has 0 saturated carbocycles. The maximum atomic E-state index is 11.4. The molecule has 112 valence electrons. The van der Waals surface area contributed by atoms with Gasteiger partial charge in [-0.1, -0.05) is 11.6 Å². The summed E-state index contributed by atoms with van der Waals surface area (Å²) in [5, 5.41) is 3.04. The van der Waals surface area contributed by atoms with Crippen LogP contribution in [0.5, 0.6) is 17.4 Å². The maximum absolute atomic E-state index is 11.4. The van der Waals surface area contributed by atoms with E-state index in [9.17, 15) is 4.79 Å². The number of fused-ring (bicyclic) bond motifs is 2. The molecule has 0 spiro atoms. The van der Waals surface area contributed by atoms with E-state index in [0.29, 0.717) is 52.7 Å². The van der Waals surface area contributed by atoms with Crippen LogP contribution >= 0.6 is 11.6 Å². The Balaban J connectivity index is 1.86. The van der Waals surface area contributed by atoms with Crippen LogP contribution in [-0.2, 0) is 4.79 Å². The molecule has 22 heavy (non-hydrogen) atoms. The number of aromatic nitrogens is 2. The molecular weight excluding hydrogens is 310 g/mol. The lowest BCUT2D eigenvalue weighted by Gasteiger charge is -2.21. The van der Waals surface area contributed by atoms with Gasteiger partial charge in [0.2, 0.25) is 0 Å². The topological polar surface area (TPSA) is 82.6 Å². The van der Waals surface area contributed by atoms with Crippen LogP contribution in [-0.4, -0.2) is 35.7 Å². The van der Waals surface area contributed by atoms with Gasteiger partial charge in [-0.2, -0.15) is 0 Å². The first kappa shape index (κ1) is 13.1. The van der Waals surface area contributed by atoms with Crippen molar-refractivity contribution in [3.8, 4) is 28.6 Å². The second-order valence-corrected chi connectivity index (χ2v) is 5.10. The van der Waals surface area contributed by atoms with Gasteiger partial charge in [0.15, 0.2) is 23.9 Å². The summed E-state index contributed by atoms with van der Waals surface area (Å²) in [6.45, 7) is 0.818. The van der Waals surface area contributed by atoms with Crippen LogP contribution in [0.4, 0.5) is 5.82 Å². The highest BCUT2D eigenvalue weighted by Gasteiger charge is 2.24. The Kier molecular flexibility index (Phi) is 3.00. The summed E-state index contributed by atoms with van der Waals surface area (Å²) >= 11 is 6.30. The summed E-state index contributed by atoms with van der Waals surface area (Å²) in [7, 11) is 0. The number of carbonyl (C=O) groups is 1. The Morgan fingerprint density at radius 3 is 3.00 bits per heavy atom. The third-order valence-corrected chi connectivity index (χ3v) is 3.54. The molecular formula is C14H10ClN3O4. The summed E-state index contributed by atoms with van der Waals surface area (Å²) in [6.07, 6.45) is 1.59. The zero-order valence-electron chi connectivity index (χ0n) is 11.3. The van der Waals surface area contributed by atoms with E-state index in [1.165, 1.54) is 0 Å². The molecule has 0 aromatic carbocycles. The van der Waals surface area contributed by atoms with Gasteiger partial charge in [0, 0.05) is 12.3 Å². The highest BCUT2D eigenvalue weighted by atomic mass is 35.5. The third-order valence-electron chi connectivity index (χ3n) is 3.25. The molecule has 0 radical (unpaired) electrons. The second kappa shape index (κ2) is 5.03. The lowest BCUT2D eigenvalue weighted by molar-refractivity contribution is -0.118. The number of amides is 1. The zero-order valence-corrected chi connectivity index (χ0v) is 12.0. The van der Waals surface area contributed by atoms with Crippen LogP contribution in [0, 0.1) is 0 Å². The highest BCUT2D eigenvalue weighted by Crippen LogP contribution is 2.42.